The lowest BCUT2D eigenvalue weighted by atomic mass is 10.1. The Hall–Kier alpha value is -3.16. The molecule has 2 aromatic carbocycles. The third kappa shape index (κ3) is 3.78. The van der Waals surface area contributed by atoms with Crippen molar-refractivity contribution >= 4 is 23.4 Å². The molecule has 0 radical (unpaired) electrons. The van der Waals surface area contributed by atoms with E-state index in [0.29, 0.717) is 0 Å². The predicted octanol–water partition coefficient (Wildman–Crippen LogP) is 4.51. The van der Waals surface area contributed by atoms with E-state index in [2.05, 4.69) is 11.9 Å². The van der Waals surface area contributed by atoms with Crippen molar-refractivity contribution in [3.63, 3.8) is 0 Å². The van der Waals surface area contributed by atoms with Crippen LogP contribution in [0.3, 0.4) is 0 Å². The average molecular weight is 336 g/mol. The molecule has 0 aromatic heterocycles. The molecule has 0 aliphatic carbocycles. The molecule has 0 unspecified atom stereocenters. The van der Waals surface area contributed by atoms with E-state index in [0.717, 1.165) is 24.3 Å². The van der Waals surface area contributed by atoms with Crippen molar-refractivity contribution in [2.45, 2.75) is 6.18 Å². The number of carbonyl (C=O) groups is 1. The zero-order chi connectivity index (χ0) is 17.9. The number of nitrogens with zero attached hydrogens (tertiary/aromatic N) is 1. The van der Waals surface area contributed by atoms with Crippen LogP contribution in [0.4, 0.5) is 24.5 Å². The van der Waals surface area contributed by atoms with E-state index in [1.807, 2.05) is 0 Å². The van der Waals surface area contributed by atoms with Crippen LogP contribution in [0.5, 0.6) is 0 Å². The lowest BCUT2D eigenvalue weighted by Gasteiger charge is -2.10. The van der Waals surface area contributed by atoms with Crippen molar-refractivity contribution in [3.05, 3.63) is 75.8 Å². The fraction of sp³-hybridized carbons (Fsp3) is 0.0625. The van der Waals surface area contributed by atoms with Gasteiger partial charge in [-0.05, 0) is 30.3 Å². The highest BCUT2D eigenvalue weighted by atomic mass is 19.4. The van der Waals surface area contributed by atoms with E-state index < -0.39 is 22.6 Å². The maximum Gasteiger partial charge on any atom is 0.416 e. The first kappa shape index (κ1) is 17.2. The van der Waals surface area contributed by atoms with Gasteiger partial charge < -0.3 is 5.32 Å². The molecule has 124 valence electrons. The van der Waals surface area contributed by atoms with E-state index in [4.69, 9.17) is 0 Å². The number of carbonyl (C=O) groups excluding carboxylic acids is 1. The monoisotopic (exact) mass is 336 g/mol. The number of nitro benzene ring substituents is 1. The second-order valence-electron chi connectivity index (χ2n) is 4.77. The molecule has 0 heterocycles. The number of nitro groups is 1. The SMILES string of the molecule is C=Cc1ccc(C(=O)Nc2cccc(C(F)(F)F)c2)cc1[N+](=O)[O-]. The summed E-state index contributed by atoms with van der Waals surface area (Å²) in [6, 6.07) is 7.81. The Morgan fingerprint density at radius 2 is 1.92 bits per heavy atom. The molecule has 2 rings (SSSR count). The Labute approximate surface area is 134 Å². The van der Waals surface area contributed by atoms with Crippen LogP contribution in [0.15, 0.2) is 49.0 Å². The number of alkyl halides is 3. The van der Waals surface area contributed by atoms with Gasteiger partial charge in [-0.15, -0.1) is 0 Å². The van der Waals surface area contributed by atoms with Crippen LogP contribution in [0.1, 0.15) is 21.5 Å². The molecule has 0 aliphatic heterocycles. The average Bonchev–Trinajstić information content (AvgIpc) is 2.53. The summed E-state index contributed by atoms with van der Waals surface area (Å²) in [6.45, 7) is 3.44. The minimum atomic E-state index is -4.54. The molecule has 0 atom stereocenters. The van der Waals surface area contributed by atoms with Crippen LogP contribution in [0, 0.1) is 10.1 Å². The smallest absolute Gasteiger partial charge is 0.322 e. The first-order chi connectivity index (χ1) is 11.2. The minimum absolute atomic E-state index is 0.0512. The highest BCUT2D eigenvalue weighted by Gasteiger charge is 2.30. The molecule has 8 heteroatoms. The largest absolute Gasteiger partial charge is 0.416 e. The van der Waals surface area contributed by atoms with Crippen LogP contribution in [0.25, 0.3) is 6.08 Å². The molecule has 5 nitrogen and oxygen atoms in total. The van der Waals surface area contributed by atoms with Gasteiger partial charge in [0.2, 0.25) is 0 Å². The van der Waals surface area contributed by atoms with Crippen LogP contribution in [-0.4, -0.2) is 10.8 Å². The van der Waals surface area contributed by atoms with Crippen LogP contribution < -0.4 is 5.32 Å². The van der Waals surface area contributed by atoms with E-state index in [1.165, 1.54) is 24.3 Å². The lowest BCUT2D eigenvalue weighted by Crippen LogP contribution is -2.13. The van der Waals surface area contributed by atoms with Crippen molar-refractivity contribution in [2.24, 2.45) is 0 Å². The topological polar surface area (TPSA) is 72.2 Å². The Morgan fingerprint density at radius 3 is 2.50 bits per heavy atom. The van der Waals surface area contributed by atoms with E-state index in [1.54, 1.807) is 0 Å². The van der Waals surface area contributed by atoms with E-state index >= 15 is 0 Å². The standard InChI is InChI=1S/C16H11F3N2O3/c1-2-10-6-7-11(8-14(10)21(23)24)15(22)20-13-5-3-4-12(9-13)16(17,18)19/h2-9H,1H2,(H,20,22). The van der Waals surface area contributed by atoms with E-state index in [9.17, 15) is 28.1 Å². The van der Waals surface area contributed by atoms with Gasteiger partial charge in [-0.25, -0.2) is 0 Å². The van der Waals surface area contributed by atoms with Crippen LogP contribution in [0.2, 0.25) is 0 Å². The molecule has 0 fully saturated rings. The van der Waals surface area contributed by atoms with Gasteiger partial charge in [0.15, 0.2) is 0 Å². The van der Waals surface area contributed by atoms with Crippen molar-refractivity contribution < 1.29 is 22.9 Å². The Balaban J connectivity index is 2.29. The number of hydrogen-bond acceptors (Lipinski definition) is 3. The summed E-state index contributed by atoms with van der Waals surface area (Å²) in [4.78, 5) is 22.4. The third-order valence-corrected chi connectivity index (χ3v) is 3.16. The van der Waals surface area contributed by atoms with Gasteiger partial charge in [-0.2, -0.15) is 13.2 Å². The number of halogens is 3. The van der Waals surface area contributed by atoms with Crippen molar-refractivity contribution in [3.8, 4) is 0 Å². The normalized spacial score (nSPS) is 11.0. The van der Waals surface area contributed by atoms with Gasteiger partial charge in [-0.1, -0.05) is 18.7 Å². The van der Waals surface area contributed by atoms with Crippen molar-refractivity contribution in [1.29, 1.82) is 0 Å². The van der Waals surface area contributed by atoms with Crippen LogP contribution >= 0.6 is 0 Å². The maximum absolute atomic E-state index is 12.7. The number of nitrogens with one attached hydrogen (secondary N) is 1. The summed E-state index contributed by atoms with van der Waals surface area (Å²) in [5.74, 6) is -0.756. The molecule has 24 heavy (non-hydrogen) atoms. The van der Waals surface area contributed by atoms with Gasteiger partial charge in [0.05, 0.1) is 16.1 Å². The molecule has 0 aliphatic rings. The first-order valence-electron chi connectivity index (χ1n) is 6.62. The highest BCUT2D eigenvalue weighted by molar-refractivity contribution is 6.05. The van der Waals surface area contributed by atoms with Crippen molar-refractivity contribution in [2.75, 3.05) is 5.32 Å². The van der Waals surface area contributed by atoms with Crippen molar-refractivity contribution in [1.82, 2.24) is 0 Å². The molecule has 0 saturated heterocycles. The number of rotatable bonds is 4. The number of benzene rings is 2. The minimum Gasteiger partial charge on any atom is -0.322 e. The molecular weight excluding hydrogens is 325 g/mol. The van der Waals surface area contributed by atoms with Gasteiger partial charge >= 0.3 is 6.18 Å². The van der Waals surface area contributed by atoms with Gasteiger partial charge in [0.1, 0.15) is 0 Å². The Morgan fingerprint density at radius 1 is 1.21 bits per heavy atom. The summed E-state index contributed by atoms with van der Waals surface area (Å²) in [5.41, 5.74) is -1.11. The summed E-state index contributed by atoms with van der Waals surface area (Å²) in [7, 11) is 0. The molecule has 0 spiro atoms. The summed E-state index contributed by atoms with van der Waals surface area (Å²) >= 11 is 0. The quantitative estimate of drug-likeness (QED) is 0.659. The Kier molecular flexibility index (Phi) is 4.68. The lowest BCUT2D eigenvalue weighted by molar-refractivity contribution is -0.385. The first-order valence-corrected chi connectivity index (χ1v) is 6.62. The fourth-order valence-electron chi connectivity index (χ4n) is 1.99. The summed E-state index contributed by atoms with van der Waals surface area (Å²) < 4.78 is 38.0. The highest BCUT2D eigenvalue weighted by Crippen LogP contribution is 2.31. The van der Waals surface area contributed by atoms with Gasteiger partial charge in [-0.3, -0.25) is 14.9 Å². The number of amides is 1. The third-order valence-electron chi connectivity index (χ3n) is 3.16. The predicted molar refractivity (Wildman–Crippen MR) is 82.6 cm³/mol. The molecule has 0 bridgehead atoms. The number of hydrogen-bond donors (Lipinski definition) is 1. The number of anilines is 1. The summed E-state index contributed by atoms with van der Waals surface area (Å²) in [5, 5.41) is 13.3. The fourth-order valence-corrected chi connectivity index (χ4v) is 1.99. The van der Waals surface area contributed by atoms with Gasteiger partial charge in [0.25, 0.3) is 11.6 Å². The Bertz CT molecular complexity index is 816. The molecule has 1 N–H and O–H groups in total. The molecule has 1 amide bonds. The second kappa shape index (κ2) is 6.53. The van der Waals surface area contributed by atoms with E-state index in [-0.39, 0.29) is 22.5 Å². The maximum atomic E-state index is 12.7. The zero-order valence-corrected chi connectivity index (χ0v) is 12.1. The second-order valence-corrected chi connectivity index (χ2v) is 4.77. The summed E-state index contributed by atoms with van der Waals surface area (Å²) in [6.07, 6.45) is -3.27. The van der Waals surface area contributed by atoms with Crippen LogP contribution in [-0.2, 0) is 6.18 Å². The molecule has 0 saturated carbocycles. The molecule has 2 aromatic rings. The zero-order valence-electron chi connectivity index (χ0n) is 12.1. The molecular formula is C16H11F3N2O3. The van der Waals surface area contributed by atoms with Gasteiger partial charge in [0, 0.05) is 17.3 Å².